The molecule has 6 heteroatoms. The van der Waals surface area contributed by atoms with Gasteiger partial charge in [0.25, 0.3) is 0 Å². The van der Waals surface area contributed by atoms with Gasteiger partial charge in [0.15, 0.2) is 5.96 Å². The number of hydrogen-bond acceptors (Lipinski definition) is 3. The third-order valence-corrected chi connectivity index (χ3v) is 4.11. The van der Waals surface area contributed by atoms with Crippen LogP contribution >= 0.6 is 35.3 Å². The second-order valence-electron chi connectivity index (χ2n) is 4.46. The summed E-state index contributed by atoms with van der Waals surface area (Å²) in [6.45, 7) is 10.5. The van der Waals surface area contributed by atoms with E-state index >= 15 is 0 Å². The van der Waals surface area contributed by atoms with Gasteiger partial charge in [-0.3, -0.25) is 9.89 Å². The van der Waals surface area contributed by atoms with Gasteiger partial charge in [-0.15, -0.1) is 35.3 Å². The highest BCUT2D eigenvalue weighted by Gasteiger charge is 2.10. The van der Waals surface area contributed by atoms with Gasteiger partial charge in [0.05, 0.1) is 6.54 Å². The molecule has 0 aliphatic carbocycles. The van der Waals surface area contributed by atoms with Crippen molar-refractivity contribution in [2.75, 3.05) is 26.7 Å². The average Bonchev–Trinajstić information content (AvgIpc) is 2.93. The molecule has 4 nitrogen and oxygen atoms in total. The molecule has 1 atom stereocenters. The lowest BCUT2D eigenvalue weighted by Crippen LogP contribution is -2.45. The van der Waals surface area contributed by atoms with Crippen LogP contribution in [0.15, 0.2) is 22.5 Å². The molecule has 0 aromatic carbocycles. The molecule has 0 radical (unpaired) electrons. The quantitative estimate of drug-likeness (QED) is 0.413. The van der Waals surface area contributed by atoms with Gasteiger partial charge in [0.1, 0.15) is 0 Å². The fraction of sp³-hybridized carbons (Fsp3) is 0.643. The molecular weight excluding hydrogens is 383 g/mol. The molecule has 116 valence electrons. The molecule has 0 saturated heterocycles. The van der Waals surface area contributed by atoms with Crippen LogP contribution in [0.1, 0.15) is 25.6 Å². The van der Waals surface area contributed by atoms with Gasteiger partial charge in [-0.2, -0.15) is 0 Å². The Kier molecular flexibility index (Phi) is 11.1. The minimum absolute atomic E-state index is 0. The van der Waals surface area contributed by atoms with E-state index in [2.05, 4.69) is 58.8 Å². The van der Waals surface area contributed by atoms with Crippen molar-refractivity contribution in [2.24, 2.45) is 4.99 Å². The van der Waals surface area contributed by atoms with Gasteiger partial charge in [-0.05, 0) is 31.5 Å². The SMILES string of the molecule is CCN(CC)C(C)CNC(=NC)NCc1cccs1.I. The van der Waals surface area contributed by atoms with Crippen LogP contribution in [-0.4, -0.2) is 43.6 Å². The van der Waals surface area contributed by atoms with Crippen molar-refractivity contribution in [2.45, 2.75) is 33.4 Å². The van der Waals surface area contributed by atoms with Gasteiger partial charge in [0, 0.05) is 24.5 Å². The van der Waals surface area contributed by atoms with E-state index in [-0.39, 0.29) is 24.0 Å². The summed E-state index contributed by atoms with van der Waals surface area (Å²) in [5, 5.41) is 8.81. The molecule has 20 heavy (non-hydrogen) atoms. The van der Waals surface area contributed by atoms with Crippen LogP contribution in [0.3, 0.4) is 0 Å². The summed E-state index contributed by atoms with van der Waals surface area (Å²) in [6.07, 6.45) is 0. The number of nitrogens with zero attached hydrogens (tertiary/aromatic N) is 2. The molecule has 0 fully saturated rings. The van der Waals surface area contributed by atoms with E-state index in [4.69, 9.17) is 0 Å². The van der Waals surface area contributed by atoms with Crippen LogP contribution in [0.5, 0.6) is 0 Å². The van der Waals surface area contributed by atoms with E-state index in [1.807, 2.05) is 7.05 Å². The smallest absolute Gasteiger partial charge is 0.191 e. The lowest BCUT2D eigenvalue weighted by atomic mass is 10.3. The Labute approximate surface area is 144 Å². The van der Waals surface area contributed by atoms with E-state index in [0.29, 0.717) is 6.04 Å². The molecule has 1 rings (SSSR count). The number of rotatable bonds is 7. The Balaban J connectivity index is 0.00000361. The summed E-state index contributed by atoms with van der Waals surface area (Å²) >= 11 is 1.76. The maximum Gasteiger partial charge on any atom is 0.191 e. The minimum Gasteiger partial charge on any atom is -0.355 e. The molecule has 1 unspecified atom stereocenters. The van der Waals surface area contributed by atoms with Crippen molar-refractivity contribution < 1.29 is 0 Å². The number of halogens is 1. The van der Waals surface area contributed by atoms with Gasteiger partial charge in [-0.25, -0.2) is 0 Å². The van der Waals surface area contributed by atoms with E-state index in [0.717, 1.165) is 32.1 Å². The van der Waals surface area contributed by atoms with Crippen LogP contribution in [0.4, 0.5) is 0 Å². The van der Waals surface area contributed by atoms with Gasteiger partial charge in [-0.1, -0.05) is 19.9 Å². The van der Waals surface area contributed by atoms with Crippen molar-refractivity contribution in [3.63, 3.8) is 0 Å². The Morgan fingerprint density at radius 2 is 2.05 bits per heavy atom. The summed E-state index contributed by atoms with van der Waals surface area (Å²) in [4.78, 5) is 8.00. The van der Waals surface area contributed by atoms with Crippen molar-refractivity contribution in [3.05, 3.63) is 22.4 Å². The third kappa shape index (κ3) is 6.90. The average molecular weight is 410 g/mol. The molecule has 0 aliphatic heterocycles. The fourth-order valence-electron chi connectivity index (χ4n) is 2.03. The topological polar surface area (TPSA) is 39.7 Å². The van der Waals surface area contributed by atoms with Crippen LogP contribution in [0, 0.1) is 0 Å². The molecule has 1 aromatic heterocycles. The maximum absolute atomic E-state index is 4.25. The molecule has 2 N–H and O–H groups in total. The van der Waals surface area contributed by atoms with Crippen molar-refractivity contribution in [3.8, 4) is 0 Å². The monoisotopic (exact) mass is 410 g/mol. The first-order chi connectivity index (χ1) is 9.21. The number of nitrogens with one attached hydrogen (secondary N) is 2. The highest BCUT2D eigenvalue weighted by molar-refractivity contribution is 14.0. The molecule has 0 aliphatic rings. The van der Waals surface area contributed by atoms with Crippen molar-refractivity contribution >= 4 is 41.3 Å². The van der Waals surface area contributed by atoms with Gasteiger partial charge >= 0.3 is 0 Å². The Bertz CT molecular complexity index is 363. The summed E-state index contributed by atoms with van der Waals surface area (Å²) in [5.74, 6) is 0.868. The summed E-state index contributed by atoms with van der Waals surface area (Å²) in [5.41, 5.74) is 0. The van der Waals surface area contributed by atoms with Gasteiger partial charge < -0.3 is 10.6 Å². The number of likely N-dealkylation sites (N-methyl/N-ethyl adjacent to an activating group) is 1. The molecule has 1 heterocycles. The molecule has 0 bridgehead atoms. The number of aliphatic imine (C=N–C) groups is 1. The summed E-state index contributed by atoms with van der Waals surface area (Å²) in [7, 11) is 1.81. The number of hydrogen-bond donors (Lipinski definition) is 2. The molecule has 0 spiro atoms. The fourth-order valence-corrected chi connectivity index (χ4v) is 2.67. The third-order valence-electron chi connectivity index (χ3n) is 3.23. The zero-order valence-corrected chi connectivity index (χ0v) is 16.0. The second-order valence-corrected chi connectivity index (χ2v) is 5.49. The highest BCUT2D eigenvalue weighted by Crippen LogP contribution is 2.07. The van der Waals surface area contributed by atoms with E-state index in [1.54, 1.807) is 11.3 Å². The lowest BCUT2D eigenvalue weighted by molar-refractivity contribution is 0.231. The summed E-state index contributed by atoms with van der Waals surface area (Å²) < 4.78 is 0. The molecule has 0 saturated carbocycles. The molecule has 0 amide bonds. The largest absolute Gasteiger partial charge is 0.355 e. The predicted molar refractivity (Wildman–Crippen MR) is 100 cm³/mol. The summed E-state index contributed by atoms with van der Waals surface area (Å²) in [6, 6.07) is 4.71. The lowest BCUT2D eigenvalue weighted by Gasteiger charge is -2.27. The van der Waals surface area contributed by atoms with Crippen LogP contribution in [0.2, 0.25) is 0 Å². The normalized spacial score (nSPS) is 12.9. The number of guanidine groups is 1. The predicted octanol–water partition coefficient (Wildman–Crippen LogP) is 2.76. The Hall–Kier alpha value is -0.340. The second kappa shape index (κ2) is 11.3. The highest BCUT2D eigenvalue weighted by atomic mass is 127. The van der Waals surface area contributed by atoms with E-state index in [1.165, 1.54) is 4.88 Å². The Morgan fingerprint density at radius 1 is 1.35 bits per heavy atom. The van der Waals surface area contributed by atoms with Crippen molar-refractivity contribution in [1.82, 2.24) is 15.5 Å². The van der Waals surface area contributed by atoms with Crippen LogP contribution in [-0.2, 0) is 6.54 Å². The molecular formula is C14H27IN4S. The minimum atomic E-state index is 0. The van der Waals surface area contributed by atoms with Crippen molar-refractivity contribution in [1.29, 1.82) is 0 Å². The standard InChI is InChI=1S/C14H26N4S.HI/c1-5-18(6-2)12(3)10-16-14(15-4)17-11-13-8-7-9-19-13;/h7-9,12H,5-6,10-11H2,1-4H3,(H2,15,16,17);1H. The first-order valence-corrected chi connectivity index (χ1v) is 7.80. The Morgan fingerprint density at radius 3 is 2.55 bits per heavy atom. The first-order valence-electron chi connectivity index (χ1n) is 6.92. The van der Waals surface area contributed by atoms with E-state index in [9.17, 15) is 0 Å². The van der Waals surface area contributed by atoms with Gasteiger partial charge in [0.2, 0.25) is 0 Å². The zero-order chi connectivity index (χ0) is 14.1. The zero-order valence-electron chi connectivity index (χ0n) is 12.8. The van der Waals surface area contributed by atoms with Crippen LogP contribution < -0.4 is 10.6 Å². The van der Waals surface area contributed by atoms with Crippen LogP contribution in [0.25, 0.3) is 0 Å². The molecule has 1 aromatic rings. The first kappa shape index (κ1) is 19.7. The maximum atomic E-state index is 4.25. The number of thiophene rings is 1. The van der Waals surface area contributed by atoms with E-state index < -0.39 is 0 Å².